The first-order valence-corrected chi connectivity index (χ1v) is 10.1. The highest BCUT2D eigenvalue weighted by molar-refractivity contribution is 14.0. The zero-order valence-electron chi connectivity index (χ0n) is 16.8. The second kappa shape index (κ2) is 14.0. The van der Waals surface area contributed by atoms with Crippen LogP contribution in [0.25, 0.3) is 0 Å². The fourth-order valence-electron chi connectivity index (χ4n) is 3.45. The van der Waals surface area contributed by atoms with E-state index in [-0.39, 0.29) is 24.0 Å². The van der Waals surface area contributed by atoms with Gasteiger partial charge >= 0.3 is 0 Å². The highest BCUT2D eigenvalue weighted by Gasteiger charge is 2.21. The van der Waals surface area contributed by atoms with E-state index >= 15 is 0 Å². The van der Waals surface area contributed by atoms with Gasteiger partial charge in [-0.3, -0.25) is 4.99 Å². The molecule has 0 aromatic rings. The summed E-state index contributed by atoms with van der Waals surface area (Å²) in [6, 6.07) is 0.642. The summed E-state index contributed by atoms with van der Waals surface area (Å²) in [5.74, 6) is 1.62. The van der Waals surface area contributed by atoms with Gasteiger partial charge < -0.3 is 25.0 Å². The zero-order valence-corrected chi connectivity index (χ0v) is 19.2. The molecule has 2 rings (SSSR count). The van der Waals surface area contributed by atoms with Crippen LogP contribution in [-0.4, -0.2) is 75.5 Å². The van der Waals surface area contributed by atoms with Gasteiger partial charge in [0.2, 0.25) is 0 Å². The number of likely N-dealkylation sites (tertiary alicyclic amines) is 1. The number of nitrogens with one attached hydrogen (secondary N) is 2. The molecule has 0 bridgehead atoms. The lowest BCUT2D eigenvalue weighted by Gasteiger charge is -2.34. The number of ether oxygens (including phenoxy) is 2. The van der Waals surface area contributed by atoms with Crippen LogP contribution in [0.1, 0.15) is 46.5 Å². The quantitative estimate of drug-likeness (QED) is 0.229. The van der Waals surface area contributed by atoms with E-state index in [9.17, 15) is 0 Å². The first kappa shape index (κ1) is 23.9. The van der Waals surface area contributed by atoms with E-state index in [2.05, 4.69) is 36.3 Å². The highest BCUT2D eigenvalue weighted by atomic mass is 127. The summed E-state index contributed by atoms with van der Waals surface area (Å²) < 4.78 is 11.1. The van der Waals surface area contributed by atoms with Crippen molar-refractivity contribution in [3.63, 3.8) is 0 Å². The molecule has 2 saturated heterocycles. The normalized spacial score (nSPS) is 24.5. The van der Waals surface area contributed by atoms with Crippen LogP contribution in [0.4, 0.5) is 0 Å². The smallest absolute Gasteiger partial charge is 0.191 e. The standard InChI is InChI=1S/C19H38N4O2.HI/c1-4-20-19(21-9-6-11-25-18-8-12-24-15-18)22-13-17-7-5-10-23(14-17)16(2)3;/h16-18H,4-15H2,1-3H3,(H2,20,21,22);1H. The minimum atomic E-state index is 0. The van der Waals surface area contributed by atoms with Gasteiger partial charge in [0.05, 0.1) is 12.7 Å². The average molecular weight is 482 g/mol. The maximum atomic E-state index is 5.80. The summed E-state index contributed by atoms with van der Waals surface area (Å²) in [6.07, 6.45) is 4.92. The Balaban J connectivity index is 0.00000338. The van der Waals surface area contributed by atoms with Gasteiger partial charge in [-0.15, -0.1) is 24.0 Å². The summed E-state index contributed by atoms with van der Waals surface area (Å²) >= 11 is 0. The van der Waals surface area contributed by atoms with Crippen molar-refractivity contribution < 1.29 is 9.47 Å². The first-order valence-electron chi connectivity index (χ1n) is 10.1. The van der Waals surface area contributed by atoms with Crippen molar-refractivity contribution in [1.82, 2.24) is 15.5 Å². The van der Waals surface area contributed by atoms with E-state index in [1.54, 1.807) is 0 Å². The summed E-state index contributed by atoms with van der Waals surface area (Å²) in [5.41, 5.74) is 0. The van der Waals surface area contributed by atoms with Crippen LogP contribution in [0.2, 0.25) is 0 Å². The van der Waals surface area contributed by atoms with Gasteiger partial charge in [0.1, 0.15) is 0 Å². The molecule has 0 saturated carbocycles. The number of hydrogen-bond donors (Lipinski definition) is 2. The van der Waals surface area contributed by atoms with Crippen LogP contribution in [0.5, 0.6) is 0 Å². The third-order valence-corrected chi connectivity index (χ3v) is 4.99. The lowest BCUT2D eigenvalue weighted by molar-refractivity contribution is 0.0420. The third kappa shape index (κ3) is 9.19. The largest absolute Gasteiger partial charge is 0.379 e. The van der Waals surface area contributed by atoms with Crippen LogP contribution < -0.4 is 10.6 Å². The monoisotopic (exact) mass is 482 g/mol. The highest BCUT2D eigenvalue weighted by Crippen LogP contribution is 2.18. The molecule has 7 heteroatoms. The molecule has 0 amide bonds. The first-order chi connectivity index (χ1) is 12.2. The Labute approximate surface area is 176 Å². The molecule has 26 heavy (non-hydrogen) atoms. The Kier molecular flexibility index (Phi) is 12.8. The van der Waals surface area contributed by atoms with Gasteiger partial charge in [-0.2, -0.15) is 0 Å². The maximum Gasteiger partial charge on any atom is 0.191 e. The SMILES string of the molecule is CCNC(=NCC1CCCN(C(C)C)C1)NCCCOC1CCOC1.I. The van der Waals surface area contributed by atoms with E-state index in [1.807, 2.05) is 0 Å². The van der Waals surface area contributed by atoms with Crippen LogP contribution >= 0.6 is 24.0 Å². The predicted octanol–water partition coefficient (Wildman–Crippen LogP) is 2.48. The van der Waals surface area contributed by atoms with Crippen molar-refractivity contribution in [2.75, 3.05) is 52.5 Å². The molecule has 2 atom stereocenters. The predicted molar refractivity (Wildman–Crippen MR) is 119 cm³/mol. The lowest BCUT2D eigenvalue weighted by Crippen LogP contribution is -2.42. The van der Waals surface area contributed by atoms with Crippen LogP contribution in [0, 0.1) is 5.92 Å². The molecule has 154 valence electrons. The Bertz CT molecular complexity index is 390. The molecule has 0 radical (unpaired) electrons. The molecular formula is C19H39IN4O2. The summed E-state index contributed by atoms with van der Waals surface area (Å²) in [5, 5.41) is 6.79. The summed E-state index contributed by atoms with van der Waals surface area (Å²) in [4.78, 5) is 7.39. The van der Waals surface area contributed by atoms with Crippen molar-refractivity contribution in [3.05, 3.63) is 0 Å². The lowest BCUT2D eigenvalue weighted by atomic mass is 9.97. The number of piperidine rings is 1. The zero-order chi connectivity index (χ0) is 17.9. The molecule has 2 aliphatic rings. The summed E-state index contributed by atoms with van der Waals surface area (Å²) in [6.45, 7) is 14.2. The number of nitrogens with zero attached hydrogens (tertiary/aromatic N) is 2. The van der Waals surface area contributed by atoms with E-state index in [0.717, 1.165) is 58.3 Å². The maximum absolute atomic E-state index is 5.80. The van der Waals surface area contributed by atoms with Crippen molar-refractivity contribution in [2.45, 2.75) is 58.6 Å². The molecular weight excluding hydrogens is 443 g/mol. The van der Waals surface area contributed by atoms with E-state index in [4.69, 9.17) is 14.5 Å². The van der Waals surface area contributed by atoms with Crippen molar-refractivity contribution in [2.24, 2.45) is 10.9 Å². The van der Waals surface area contributed by atoms with Gasteiger partial charge in [0.15, 0.2) is 5.96 Å². The molecule has 0 spiro atoms. The van der Waals surface area contributed by atoms with Crippen molar-refractivity contribution in [3.8, 4) is 0 Å². The van der Waals surface area contributed by atoms with Gasteiger partial charge in [-0.05, 0) is 58.9 Å². The number of rotatable bonds is 9. The topological polar surface area (TPSA) is 58.1 Å². The number of aliphatic imine (C=N–C) groups is 1. The minimum Gasteiger partial charge on any atom is -0.379 e. The van der Waals surface area contributed by atoms with Crippen molar-refractivity contribution >= 4 is 29.9 Å². The van der Waals surface area contributed by atoms with Crippen LogP contribution in [0.3, 0.4) is 0 Å². The van der Waals surface area contributed by atoms with Gasteiger partial charge in [0, 0.05) is 45.4 Å². The fourth-order valence-corrected chi connectivity index (χ4v) is 3.45. The molecule has 2 heterocycles. The van der Waals surface area contributed by atoms with Gasteiger partial charge in [-0.1, -0.05) is 0 Å². The van der Waals surface area contributed by atoms with E-state index < -0.39 is 0 Å². The average Bonchev–Trinajstić information content (AvgIpc) is 3.13. The van der Waals surface area contributed by atoms with Crippen molar-refractivity contribution in [1.29, 1.82) is 0 Å². The second-order valence-electron chi connectivity index (χ2n) is 7.45. The van der Waals surface area contributed by atoms with E-state index in [1.165, 1.54) is 25.9 Å². The van der Waals surface area contributed by atoms with Gasteiger partial charge in [0.25, 0.3) is 0 Å². The number of guanidine groups is 1. The van der Waals surface area contributed by atoms with Gasteiger partial charge in [-0.25, -0.2) is 0 Å². The third-order valence-electron chi connectivity index (χ3n) is 4.99. The van der Waals surface area contributed by atoms with Crippen LogP contribution in [-0.2, 0) is 9.47 Å². The fraction of sp³-hybridized carbons (Fsp3) is 0.947. The molecule has 0 aliphatic carbocycles. The summed E-state index contributed by atoms with van der Waals surface area (Å²) in [7, 11) is 0. The molecule has 6 nitrogen and oxygen atoms in total. The minimum absolute atomic E-state index is 0. The Morgan fingerprint density at radius 2 is 2.15 bits per heavy atom. The van der Waals surface area contributed by atoms with E-state index in [0.29, 0.717) is 18.1 Å². The molecule has 2 aliphatic heterocycles. The molecule has 2 unspecified atom stereocenters. The molecule has 0 aromatic carbocycles. The Morgan fingerprint density at radius 1 is 1.31 bits per heavy atom. The molecule has 2 N–H and O–H groups in total. The second-order valence-corrected chi connectivity index (χ2v) is 7.45. The van der Waals surface area contributed by atoms with Crippen LogP contribution in [0.15, 0.2) is 4.99 Å². The molecule has 0 aromatic heterocycles. The Hall–Kier alpha value is -0.120. The molecule has 2 fully saturated rings. The Morgan fingerprint density at radius 3 is 2.85 bits per heavy atom. The number of hydrogen-bond acceptors (Lipinski definition) is 4. The number of halogens is 1.